The fraction of sp³-hybridized carbons (Fsp3) is 0.167. The van der Waals surface area contributed by atoms with Crippen molar-refractivity contribution >= 4 is 51.0 Å². The summed E-state index contributed by atoms with van der Waals surface area (Å²) >= 11 is 9.23. The lowest BCUT2D eigenvalue weighted by Gasteiger charge is -2.20. The summed E-state index contributed by atoms with van der Waals surface area (Å²) in [6.07, 6.45) is -0.388. The average Bonchev–Trinajstić information content (AvgIpc) is 2.80. The molecular weight excluding hydrogens is 526 g/mol. The Bertz CT molecular complexity index is 1170. The Kier molecular flexibility index (Phi) is 8.75. The number of aliphatic hydroxyl groups excluding tert-OH is 1. The zero-order valence-electron chi connectivity index (χ0n) is 17.7. The smallest absolute Gasteiger partial charge is 0.332 e. The van der Waals surface area contributed by atoms with Crippen molar-refractivity contribution in [3.63, 3.8) is 0 Å². The molecule has 0 aliphatic carbocycles. The average molecular weight is 547 g/mol. The summed E-state index contributed by atoms with van der Waals surface area (Å²) in [5, 5.41) is 24.5. The molecule has 4 N–H and O–H groups in total. The fourth-order valence-corrected chi connectivity index (χ4v) is 3.66. The van der Waals surface area contributed by atoms with Gasteiger partial charge < -0.3 is 20.8 Å². The van der Waals surface area contributed by atoms with E-state index >= 15 is 0 Å². The standard InChI is InChI=1S/C24H21BrClN3O5/c25-21-9-8-18(13-27-21)28-22(31)23(32)29-19(12-20(30)24(33)34)10-14-4-6-15(7-5-14)16-2-1-3-17(26)11-16/h1-9,11,13,19-20,30H,10,12H2,(H,28,31)(H,29,32)(H,33,34)/t19-,20-/m1/s1. The number of carbonyl (C=O) groups excluding carboxylic acids is 2. The van der Waals surface area contributed by atoms with E-state index in [1.54, 1.807) is 18.2 Å². The van der Waals surface area contributed by atoms with E-state index in [4.69, 9.17) is 16.7 Å². The fourth-order valence-electron chi connectivity index (χ4n) is 3.24. The Hall–Kier alpha value is -3.27. The molecule has 0 fully saturated rings. The van der Waals surface area contributed by atoms with Gasteiger partial charge in [0.1, 0.15) is 4.60 Å². The maximum Gasteiger partial charge on any atom is 0.332 e. The van der Waals surface area contributed by atoms with Crippen molar-refractivity contribution in [2.45, 2.75) is 25.0 Å². The van der Waals surface area contributed by atoms with Gasteiger partial charge in [0.05, 0.1) is 11.9 Å². The third kappa shape index (κ3) is 7.38. The largest absolute Gasteiger partial charge is 0.479 e. The van der Waals surface area contributed by atoms with E-state index in [1.807, 2.05) is 42.5 Å². The van der Waals surface area contributed by atoms with Crippen LogP contribution in [0.2, 0.25) is 5.02 Å². The van der Waals surface area contributed by atoms with Crippen LogP contribution in [0.3, 0.4) is 0 Å². The Morgan fingerprint density at radius 1 is 1.00 bits per heavy atom. The van der Waals surface area contributed by atoms with Crippen molar-refractivity contribution in [1.29, 1.82) is 0 Å². The number of nitrogens with zero attached hydrogens (tertiary/aromatic N) is 1. The number of benzene rings is 2. The van der Waals surface area contributed by atoms with Crippen molar-refractivity contribution in [2.24, 2.45) is 0 Å². The highest BCUT2D eigenvalue weighted by atomic mass is 79.9. The van der Waals surface area contributed by atoms with Gasteiger partial charge in [-0.05, 0) is 63.3 Å². The lowest BCUT2D eigenvalue weighted by Crippen LogP contribution is -2.45. The number of hydrogen-bond donors (Lipinski definition) is 4. The van der Waals surface area contributed by atoms with E-state index < -0.39 is 29.9 Å². The molecule has 3 rings (SSSR count). The highest BCUT2D eigenvalue weighted by molar-refractivity contribution is 9.10. The second-order valence-corrected chi connectivity index (χ2v) is 8.74. The first-order valence-corrected chi connectivity index (χ1v) is 11.4. The minimum atomic E-state index is -1.70. The predicted molar refractivity (Wildman–Crippen MR) is 131 cm³/mol. The molecule has 2 aromatic carbocycles. The van der Waals surface area contributed by atoms with Crippen LogP contribution < -0.4 is 10.6 Å². The third-order valence-corrected chi connectivity index (χ3v) is 5.62. The molecule has 34 heavy (non-hydrogen) atoms. The van der Waals surface area contributed by atoms with E-state index in [1.165, 1.54) is 6.20 Å². The van der Waals surface area contributed by atoms with Crippen LogP contribution in [-0.2, 0) is 20.8 Å². The first kappa shape index (κ1) is 25.4. The van der Waals surface area contributed by atoms with Crippen LogP contribution in [0.1, 0.15) is 12.0 Å². The van der Waals surface area contributed by atoms with Crippen LogP contribution in [-0.4, -0.2) is 45.1 Å². The van der Waals surface area contributed by atoms with Gasteiger partial charge in [-0.2, -0.15) is 0 Å². The normalized spacial score (nSPS) is 12.4. The molecule has 0 spiro atoms. The zero-order valence-corrected chi connectivity index (χ0v) is 20.1. The molecule has 0 radical (unpaired) electrons. The van der Waals surface area contributed by atoms with Gasteiger partial charge in [0.2, 0.25) is 0 Å². The monoisotopic (exact) mass is 545 g/mol. The van der Waals surface area contributed by atoms with Crippen LogP contribution in [0.4, 0.5) is 5.69 Å². The van der Waals surface area contributed by atoms with Crippen LogP contribution in [0.5, 0.6) is 0 Å². The molecule has 1 aromatic heterocycles. The number of halogens is 2. The van der Waals surface area contributed by atoms with Crippen LogP contribution in [0.15, 0.2) is 71.5 Å². The minimum Gasteiger partial charge on any atom is -0.479 e. The first-order chi connectivity index (χ1) is 16.2. The lowest BCUT2D eigenvalue weighted by atomic mass is 9.98. The van der Waals surface area contributed by atoms with Gasteiger partial charge >= 0.3 is 17.8 Å². The summed E-state index contributed by atoms with van der Waals surface area (Å²) in [6, 6.07) is 17.2. The van der Waals surface area contributed by atoms with Gasteiger partial charge in [-0.3, -0.25) is 9.59 Å². The molecule has 0 saturated heterocycles. The molecule has 0 aliphatic rings. The number of nitrogens with one attached hydrogen (secondary N) is 2. The molecule has 0 unspecified atom stereocenters. The van der Waals surface area contributed by atoms with E-state index in [9.17, 15) is 19.5 Å². The van der Waals surface area contributed by atoms with E-state index in [2.05, 4.69) is 31.5 Å². The van der Waals surface area contributed by atoms with Gasteiger partial charge in [0.15, 0.2) is 6.10 Å². The number of carboxylic acid groups (broad SMARTS) is 1. The molecule has 0 saturated carbocycles. The summed E-state index contributed by atoms with van der Waals surface area (Å²) < 4.78 is 0.569. The highest BCUT2D eigenvalue weighted by Crippen LogP contribution is 2.23. The second kappa shape index (κ2) is 11.7. The highest BCUT2D eigenvalue weighted by Gasteiger charge is 2.24. The second-order valence-electron chi connectivity index (χ2n) is 7.50. The number of carboxylic acids is 1. The Balaban J connectivity index is 1.69. The summed E-state index contributed by atoms with van der Waals surface area (Å²) in [7, 11) is 0. The summed E-state index contributed by atoms with van der Waals surface area (Å²) in [4.78, 5) is 39.8. The first-order valence-electron chi connectivity index (χ1n) is 10.2. The SMILES string of the molecule is O=C(Nc1ccc(Br)nc1)C(=O)N[C@H](Cc1ccc(-c2cccc(Cl)c2)cc1)C[C@@H](O)C(=O)O. The summed E-state index contributed by atoms with van der Waals surface area (Å²) in [6.45, 7) is 0. The maximum atomic E-state index is 12.4. The van der Waals surface area contributed by atoms with Crippen molar-refractivity contribution in [2.75, 3.05) is 5.32 Å². The van der Waals surface area contributed by atoms with Gasteiger partial charge in [-0.15, -0.1) is 0 Å². The molecular formula is C24H21BrClN3O5. The van der Waals surface area contributed by atoms with E-state index in [-0.39, 0.29) is 12.8 Å². The number of amides is 2. The third-order valence-electron chi connectivity index (χ3n) is 4.91. The lowest BCUT2D eigenvalue weighted by molar-refractivity contribution is -0.147. The number of carbonyl (C=O) groups is 3. The number of rotatable bonds is 8. The summed E-state index contributed by atoms with van der Waals surface area (Å²) in [5.74, 6) is -3.31. The number of aliphatic hydroxyl groups is 1. The minimum absolute atomic E-state index is 0.207. The van der Waals surface area contributed by atoms with Gasteiger partial charge in [-0.1, -0.05) is 48.0 Å². The maximum absolute atomic E-state index is 12.4. The molecule has 8 nitrogen and oxygen atoms in total. The van der Waals surface area contributed by atoms with Crippen molar-refractivity contribution < 1.29 is 24.6 Å². The van der Waals surface area contributed by atoms with E-state index in [0.29, 0.717) is 15.3 Å². The molecule has 2 atom stereocenters. The number of pyridine rings is 1. The number of anilines is 1. The van der Waals surface area contributed by atoms with Crippen molar-refractivity contribution in [3.8, 4) is 11.1 Å². The zero-order chi connectivity index (χ0) is 24.7. The van der Waals surface area contributed by atoms with Crippen molar-refractivity contribution in [3.05, 3.63) is 82.0 Å². The predicted octanol–water partition coefficient (Wildman–Crippen LogP) is 3.67. The van der Waals surface area contributed by atoms with Gasteiger partial charge in [0.25, 0.3) is 0 Å². The van der Waals surface area contributed by atoms with Crippen LogP contribution in [0, 0.1) is 0 Å². The summed E-state index contributed by atoms with van der Waals surface area (Å²) in [5.41, 5.74) is 2.97. The molecule has 176 valence electrons. The van der Waals surface area contributed by atoms with Crippen LogP contribution >= 0.6 is 27.5 Å². The molecule has 1 heterocycles. The number of hydrogen-bond acceptors (Lipinski definition) is 5. The molecule has 2 amide bonds. The van der Waals surface area contributed by atoms with Crippen molar-refractivity contribution in [1.82, 2.24) is 10.3 Å². The Morgan fingerprint density at radius 3 is 2.35 bits per heavy atom. The Labute approximate surface area is 209 Å². The quantitative estimate of drug-likeness (QED) is 0.252. The molecule has 3 aromatic rings. The van der Waals surface area contributed by atoms with E-state index in [0.717, 1.165) is 16.7 Å². The topological polar surface area (TPSA) is 129 Å². The number of aliphatic carboxylic acids is 1. The molecule has 0 bridgehead atoms. The number of aromatic nitrogens is 1. The van der Waals surface area contributed by atoms with Gasteiger partial charge in [-0.25, -0.2) is 9.78 Å². The van der Waals surface area contributed by atoms with Crippen LogP contribution in [0.25, 0.3) is 11.1 Å². The Morgan fingerprint density at radius 2 is 1.74 bits per heavy atom. The van der Waals surface area contributed by atoms with Gasteiger partial charge in [0, 0.05) is 17.5 Å². The molecule has 0 aliphatic heterocycles. The molecule has 10 heteroatoms.